The lowest BCUT2D eigenvalue weighted by Gasteiger charge is -2.29. The van der Waals surface area contributed by atoms with Crippen LogP contribution in [-0.4, -0.2) is 35.2 Å². The molecule has 2 N–H and O–H groups in total. The molecule has 0 bridgehead atoms. The van der Waals surface area contributed by atoms with E-state index >= 15 is 0 Å². The normalized spacial score (nSPS) is 12.9. The van der Waals surface area contributed by atoms with Gasteiger partial charge in [0.1, 0.15) is 0 Å². The molecule has 0 aromatic carbocycles. The molecule has 1 rings (SSSR count). The Hall–Kier alpha value is -0.920. The Morgan fingerprint density at radius 1 is 1.47 bits per heavy atom. The van der Waals surface area contributed by atoms with E-state index in [-0.39, 0.29) is 11.6 Å². The number of aryl methyl sites for hydroxylation is 1. The standard InChI is InChI=1S/C10H19N3O3S/c1-4-10(5-2,7-14)12-17(15,16)9-6-13(3)8-11-9/h6,8,12,14H,4-5,7H2,1-3H3. The van der Waals surface area contributed by atoms with Crippen molar-refractivity contribution in [1.82, 2.24) is 14.3 Å². The number of nitrogens with one attached hydrogen (secondary N) is 1. The lowest BCUT2D eigenvalue weighted by atomic mass is 9.96. The second kappa shape index (κ2) is 5.16. The number of hydrogen-bond donors (Lipinski definition) is 2. The zero-order valence-corrected chi connectivity index (χ0v) is 11.2. The predicted molar refractivity (Wildman–Crippen MR) is 63.9 cm³/mol. The zero-order chi connectivity index (χ0) is 13.1. The fourth-order valence-corrected chi connectivity index (χ4v) is 3.03. The quantitative estimate of drug-likeness (QED) is 0.769. The molecule has 0 fully saturated rings. The Balaban J connectivity index is 3.00. The molecule has 6 nitrogen and oxygen atoms in total. The van der Waals surface area contributed by atoms with Gasteiger partial charge in [-0.1, -0.05) is 13.8 Å². The molecule has 0 aliphatic rings. The fraction of sp³-hybridized carbons (Fsp3) is 0.700. The molecule has 0 radical (unpaired) electrons. The van der Waals surface area contributed by atoms with Crippen molar-refractivity contribution in [3.63, 3.8) is 0 Å². The van der Waals surface area contributed by atoms with Gasteiger partial charge in [-0.2, -0.15) is 0 Å². The van der Waals surface area contributed by atoms with Gasteiger partial charge in [-0.05, 0) is 12.8 Å². The summed E-state index contributed by atoms with van der Waals surface area (Å²) in [5.41, 5.74) is -0.809. The molecule has 0 spiro atoms. The highest BCUT2D eigenvalue weighted by atomic mass is 32.2. The molecule has 98 valence electrons. The number of imidazole rings is 1. The molecule has 0 amide bonds. The van der Waals surface area contributed by atoms with E-state index in [1.54, 1.807) is 11.6 Å². The van der Waals surface area contributed by atoms with Crippen LogP contribution in [0.25, 0.3) is 0 Å². The first-order chi connectivity index (χ1) is 7.89. The van der Waals surface area contributed by atoms with E-state index in [0.717, 1.165) is 0 Å². The molecule has 0 atom stereocenters. The van der Waals surface area contributed by atoms with Crippen LogP contribution in [0.2, 0.25) is 0 Å². The van der Waals surface area contributed by atoms with E-state index in [0.29, 0.717) is 12.8 Å². The summed E-state index contributed by atoms with van der Waals surface area (Å²) < 4.78 is 28.2. The van der Waals surface area contributed by atoms with E-state index < -0.39 is 15.6 Å². The first-order valence-electron chi connectivity index (χ1n) is 5.52. The van der Waals surface area contributed by atoms with Crippen LogP contribution in [-0.2, 0) is 17.1 Å². The van der Waals surface area contributed by atoms with Crippen LogP contribution < -0.4 is 4.72 Å². The van der Waals surface area contributed by atoms with Gasteiger partial charge in [-0.3, -0.25) is 0 Å². The van der Waals surface area contributed by atoms with Gasteiger partial charge < -0.3 is 9.67 Å². The molecular weight excluding hydrogens is 242 g/mol. The summed E-state index contributed by atoms with van der Waals surface area (Å²) in [6.07, 6.45) is 3.89. The molecular formula is C10H19N3O3S. The van der Waals surface area contributed by atoms with Crippen molar-refractivity contribution in [1.29, 1.82) is 0 Å². The van der Waals surface area contributed by atoms with Gasteiger partial charge in [0.2, 0.25) is 0 Å². The second-order valence-corrected chi connectivity index (χ2v) is 5.76. The highest BCUT2D eigenvalue weighted by Crippen LogP contribution is 2.18. The molecule has 17 heavy (non-hydrogen) atoms. The molecule has 0 aliphatic heterocycles. The van der Waals surface area contributed by atoms with Gasteiger partial charge in [0.05, 0.1) is 18.5 Å². The molecule has 0 unspecified atom stereocenters. The summed E-state index contributed by atoms with van der Waals surface area (Å²) in [6.45, 7) is 3.44. The number of hydrogen-bond acceptors (Lipinski definition) is 4. The van der Waals surface area contributed by atoms with Crippen LogP contribution in [0, 0.1) is 0 Å². The maximum Gasteiger partial charge on any atom is 0.260 e. The Morgan fingerprint density at radius 3 is 2.41 bits per heavy atom. The minimum absolute atomic E-state index is 0.0280. The highest BCUT2D eigenvalue weighted by Gasteiger charge is 2.32. The Labute approximate surface area is 102 Å². The van der Waals surface area contributed by atoms with Gasteiger partial charge in [-0.15, -0.1) is 0 Å². The van der Waals surface area contributed by atoms with Crippen LogP contribution in [0.3, 0.4) is 0 Å². The topological polar surface area (TPSA) is 84.2 Å². The molecule has 1 heterocycles. The fourth-order valence-electron chi connectivity index (χ4n) is 1.52. The van der Waals surface area contributed by atoms with Crippen molar-refractivity contribution < 1.29 is 13.5 Å². The van der Waals surface area contributed by atoms with E-state index in [4.69, 9.17) is 0 Å². The lowest BCUT2D eigenvalue weighted by Crippen LogP contribution is -2.50. The Morgan fingerprint density at radius 2 is 2.06 bits per heavy atom. The van der Waals surface area contributed by atoms with Gasteiger partial charge in [0.25, 0.3) is 10.0 Å². The number of nitrogens with zero attached hydrogens (tertiary/aromatic N) is 2. The number of aliphatic hydroxyl groups excluding tert-OH is 1. The maximum atomic E-state index is 12.0. The Bertz CT molecular complexity index is 455. The van der Waals surface area contributed by atoms with Gasteiger partial charge in [-0.25, -0.2) is 18.1 Å². The Kier molecular flexibility index (Phi) is 4.29. The van der Waals surface area contributed by atoms with Crippen molar-refractivity contribution in [2.45, 2.75) is 37.3 Å². The number of rotatable bonds is 6. The van der Waals surface area contributed by atoms with Crippen LogP contribution in [0.5, 0.6) is 0 Å². The summed E-state index contributed by atoms with van der Waals surface area (Å²) in [7, 11) is -1.98. The summed E-state index contributed by atoms with van der Waals surface area (Å²) in [4.78, 5) is 3.81. The van der Waals surface area contributed by atoms with Crippen LogP contribution in [0.15, 0.2) is 17.6 Å². The summed E-state index contributed by atoms with van der Waals surface area (Å²) in [6, 6.07) is 0. The van der Waals surface area contributed by atoms with Crippen LogP contribution in [0.4, 0.5) is 0 Å². The van der Waals surface area contributed by atoms with Gasteiger partial charge in [0.15, 0.2) is 5.03 Å². The van der Waals surface area contributed by atoms with E-state index in [1.165, 1.54) is 12.5 Å². The number of aromatic nitrogens is 2. The minimum atomic E-state index is -3.68. The monoisotopic (exact) mass is 261 g/mol. The molecule has 7 heteroatoms. The summed E-state index contributed by atoms with van der Waals surface area (Å²) in [5.74, 6) is 0. The third-order valence-electron chi connectivity index (χ3n) is 2.96. The SMILES string of the molecule is CCC(CC)(CO)NS(=O)(=O)c1cn(C)cn1. The minimum Gasteiger partial charge on any atom is -0.394 e. The third kappa shape index (κ3) is 3.05. The van der Waals surface area contributed by atoms with Crippen molar-refractivity contribution in [3.05, 3.63) is 12.5 Å². The van der Waals surface area contributed by atoms with E-state index in [2.05, 4.69) is 9.71 Å². The molecule has 1 aromatic rings. The average Bonchev–Trinajstić information content (AvgIpc) is 2.74. The molecule has 1 aromatic heterocycles. The number of aliphatic hydroxyl groups is 1. The first-order valence-corrected chi connectivity index (χ1v) is 7.00. The average molecular weight is 261 g/mol. The maximum absolute atomic E-state index is 12.0. The molecule has 0 saturated heterocycles. The van der Waals surface area contributed by atoms with E-state index in [1.807, 2.05) is 13.8 Å². The summed E-state index contributed by atoms with van der Waals surface area (Å²) >= 11 is 0. The van der Waals surface area contributed by atoms with Crippen molar-refractivity contribution in [3.8, 4) is 0 Å². The smallest absolute Gasteiger partial charge is 0.260 e. The third-order valence-corrected chi connectivity index (χ3v) is 4.43. The summed E-state index contributed by atoms with van der Waals surface area (Å²) in [5, 5.41) is 9.31. The lowest BCUT2D eigenvalue weighted by molar-refractivity contribution is 0.172. The number of sulfonamides is 1. The predicted octanol–water partition coefficient (Wildman–Crippen LogP) is 0.249. The van der Waals surface area contributed by atoms with Crippen LogP contribution >= 0.6 is 0 Å². The van der Waals surface area contributed by atoms with E-state index in [9.17, 15) is 13.5 Å². The second-order valence-electron chi connectivity index (χ2n) is 4.13. The molecule has 0 saturated carbocycles. The first kappa shape index (κ1) is 14.1. The zero-order valence-electron chi connectivity index (χ0n) is 10.3. The highest BCUT2D eigenvalue weighted by molar-refractivity contribution is 7.89. The van der Waals surface area contributed by atoms with Crippen molar-refractivity contribution >= 4 is 10.0 Å². The van der Waals surface area contributed by atoms with Gasteiger partial charge >= 0.3 is 0 Å². The van der Waals surface area contributed by atoms with Crippen LogP contribution in [0.1, 0.15) is 26.7 Å². The van der Waals surface area contributed by atoms with Crippen molar-refractivity contribution in [2.75, 3.05) is 6.61 Å². The largest absolute Gasteiger partial charge is 0.394 e. The van der Waals surface area contributed by atoms with Gasteiger partial charge in [0, 0.05) is 13.2 Å². The van der Waals surface area contributed by atoms with Crippen molar-refractivity contribution in [2.24, 2.45) is 7.05 Å². The molecule has 0 aliphatic carbocycles.